The summed E-state index contributed by atoms with van der Waals surface area (Å²) in [6, 6.07) is 5.85. The van der Waals surface area contributed by atoms with Gasteiger partial charge in [0.05, 0.1) is 20.8 Å². The molecule has 0 amide bonds. The van der Waals surface area contributed by atoms with E-state index in [0.717, 1.165) is 62.2 Å². The smallest absolute Gasteiger partial charge is 0.191 e. The number of benzene rings is 1. The summed E-state index contributed by atoms with van der Waals surface area (Å²) in [7, 11) is 3.27. The molecule has 6 nitrogen and oxygen atoms in total. The maximum Gasteiger partial charge on any atom is 0.191 e. The number of nitrogens with one attached hydrogen (secondary N) is 2. The molecule has 0 atom stereocenters. The van der Waals surface area contributed by atoms with Crippen molar-refractivity contribution in [1.29, 1.82) is 0 Å². The van der Waals surface area contributed by atoms with Crippen LogP contribution in [-0.2, 0) is 11.3 Å². The van der Waals surface area contributed by atoms with Gasteiger partial charge in [0.1, 0.15) is 0 Å². The highest BCUT2D eigenvalue weighted by Gasteiger charge is 2.04. The maximum absolute atomic E-state index is 5.57. The lowest BCUT2D eigenvalue weighted by atomic mass is 10.2. The SMILES string of the molecule is CCCCOCCCNC(=NCc1ccc(OC)c(OC)c1)NCC.I. The first-order valence-electron chi connectivity index (χ1n) is 9.05. The zero-order valence-corrected chi connectivity index (χ0v) is 18.8. The van der Waals surface area contributed by atoms with Gasteiger partial charge in [0.15, 0.2) is 17.5 Å². The first-order chi connectivity index (χ1) is 12.2. The van der Waals surface area contributed by atoms with E-state index in [0.29, 0.717) is 6.54 Å². The Morgan fingerprint density at radius 2 is 1.73 bits per heavy atom. The molecule has 1 rings (SSSR count). The fourth-order valence-corrected chi connectivity index (χ4v) is 2.22. The minimum atomic E-state index is 0. The van der Waals surface area contributed by atoms with Crippen LogP contribution in [0.3, 0.4) is 0 Å². The van der Waals surface area contributed by atoms with Crippen molar-refractivity contribution < 1.29 is 14.2 Å². The number of hydrogen-bond acceptors (Lipinski definition) is 4. The number of nitrogens with zero attached hydrogens (tertiary/aromatic N) is 1. The zero-order chi connectivity index (χ0) is 18.3. The highest BCUT2D eigenvalue weighted by atomic mass is 127. The lowest BCUT2D eigenvalue weighted by Crippen LogP contribution is -2.38. The molecule has 0 saturated carbocycles. The predicted molar refractivity (Wildman–Crippen MR) is 118 cm³/mol. The number of halogens is 1. The van der Waals surface area contributed by atoms with Crippen molar-refractivity contribution in [1.82, 2.24) is 10.6 Å². The predicted octanol–water partition coefficient (Wildman–Crippen LogP) is 3.58. The molecule has 7 heteroatoms. The molecule has 0 fully saturated rings. The third-order valence-electron chi connectivity index (χ3n) is 3.61. The van der Waals surface area contributed by atoms with E-state index in [4.69, 9.17) is 14.2 Å². The Balaban J connectivity index is 0.00000625. The Bertz CT molecular complexity index is 513. The Morgan fingerprint density at radius 1 is 1.00 bits per heavy atom. The monoisotopic (exact) mass is 479 g/mol. The van der Waals surface area contributed by atoms with Crippen LogP contribution >= 0.6 is 24.0 Å². The van der Waals surface area contributed by atoms with Gasteiger partial charge in [-0.15, -0.1) is 24.0 Å². The maximum atomic E-state index is 5.57. The van der Waals surface area contributed by atoms with Crippen LogP contribution in [0.5, 0.6) is 11.5 Å². The molecular formula is C19H34IN3O3. The van der Waals surface area contributed by atoms with Crippen LogP contribution in [0.4, 0.5) is 0 Å². The molecule has 0 unspecified atom stereocenters. The average molecular weight is 479 g/mol. The van der Waals surface area contributed by atoms with Gasteiger partial charge in [-0.05, 0) is 37.5 Å². The molecule has 0 aromatic heterocycles. The van der Waals surface area contributed by atoms with Gasteiger partial charge >= 0.3 is 0 Å². The highest BCUT2D eigenvalue weighted by molar-refractivity contribution is 14.0. The first kappa shape index (κ1) is 24.8. The van der Waals surface area contributed by atoms with Crippen molar-refractivity contribution >= 4 is 29.9 Å². The Morgan fingerprint density at radius 3 is 2.38 bits per heavy atom. The number of hydrogen-bond donors (Lipinski definition) is 2. The van der Waals surface area contributed by atoms with Gasteiger partial charge in [-0.25, -0.2) is 4.99 Å². The van der Waals surface area contributed by atoms with Crippen LogP contribution in [0.25, 0.3) is 0 Å². The summed E-state index contributed by atoms with van der Waals surface area (Å²) in [4.78, 5) is 4.62. The van der Waals surface area contributed by atoms with Gasteiger partial charge < -0.3 is 24.8 Å². The first-order valence-corrected chi connectivity index (χ1v) is 9.05. The molecule has 0 radical (unpaired) electrons. The zero-order valence-electron chi connectivity index (χ0n) is 16.5. The van der Waals surface area contributed by atoms with Crippen molar-refractivity contribution in [3.05, 3.63) is 23.8 Å². The molecule has 0 aliphatic heterocycles. The van der Waals surface area contributed by atoms with Crippen LogP contribution in [0.2, 0.25) is 0 Å². The van der Waals surface area contributed by atoms with Crippen molar-refractivity contribution in [2.45, 2.75) is 39.7 Å². The lowest BCUT2D eigenvalue weighted by Gasteiger charge is -2.12. The quantitative estimate of drug-likeness (QED) is 0.208. The average Bonchev–Trinajstić information content (AvgIpc) is 2.64. The van der Waals surface area contributed by atoms with Crippen molar-refractivity contribution in [2.75, 3.05) is 40.5 Å². The summed E-state index contributed by atoms with van der Waals surface area (Å²) in [6.07, 6.45) is 3.26. The topological polar surface area (TPSA) is 64.1 Å². The number of unbranched alkanes of at least 4 members (excludes halogenated alkanes) is 1. The van der Waals surface area contributed by atoms with Gasteiger partial charge in [0, 0.05) is 26.3 Å². The second-order valence-corrected chi connectivity index (χ2v) is 5.63. The van der Waals surface area contributed by atoms with Crippen molar-refractivity contribution in [3.63, 3.8) is 0 Å². The minimum Gasteiger partial charge on any atom is -0.493 e. The van der Waals surface area contributed by atoms with E-state index in [1.165, 1.54) is 6.42 Å². The third kappa shape index (κ3) is 10.1. The Hall–Kier alpha value is -1.22. The van der Waals surface area contributed by atoms with Crippen molar-refractivity contribution in [3.8, 4) is 11.5 Å². The third-order valence-corrected chi connectivity index (χ3v) is 3.61. The molecule has 150 valence electrons. The molecule has 0 spiro atoms. The van der Waals surface area contributed by atoms with Crippen LogP contribution in [0.1, 0.15) is 38.7 Å². The fraction of sp³-hybridized carbons (Fsp3) is 0.632. The molecule has 1 aromatic carbocycles. The number of ether oxygens (including phenoxy) is 3. The summed E-state index contributed by atoms with van der Waals surface area (Å²) >= 11 is 0. The summed E-state index contributed by atoms with van der Waals surface area (Å²) in [5, 5.41) is 6.59. The molecule has 0 heterocycles. The van der Waals surface area contributed by atoms with E-state index in [2.05, 4.69) is 29.5 Å². The number of methoxy groups -OCH3 is 2. The Kier molecular flexibility index (Phi) is 15.2. The minimum absolute atomic E-state index is 0. The summed E-state index contributed by atoms with van der Waals surface area (Å²) in [5.41, 5.74) is 1.07. The second-order valence-electron chi connectivity index (χ2n) is 5.63. The van der Waals surface area contributed by atoms with Crippen LogP contribution in [0.15, 0.2) is 23.2 Å². The van der Waals surface area contributed by atoms with E-state index in [9.17, 15) is 0 Å². The highest BCUT2D eigenvalue weighted by Crippen LogP contribution is 2.27. The largest absolute Gasteiger partial charge is 0.493 e. The molecule has 2 N–H and O–H groups in total. The van der Waals surface area contributed by atoms with Gasteiger partial charge in [0.2, 0.25) is 0 Å². The molecule has 0 aliphatic carbocycles. The van der Waals surface area contributed by atoms with Crippen LogP contribution in [0, 0.1) is 0 Å². The second kappa shape index (κ2) is 16.0. The van der Waals surface area contributed by atoms with E-state index >= 15 is 0 Å². The van der Waals surface area contributed by atoms with Crippen molar-refractivity contribution in [2.24, 2.45) is 4.99 Å². The van der Waals surface area contributed by atoms with Gasteiger partial charge in [-0.1, -0.05) is 19.4 Å². The molecule has 0 aliphatic rings. The molecule has 26 heavy (non-hydrogen) atoms. The Labute approximate surface area is 175 Å². The van der Waals surface area contributed by atoms with E-state index in [-0.39, 0.29) is 24.0 Å². The summed E-state index contributed by atoms with van der Waals surface area (Å²) in [5.74, 6) is 2.26. The van der Waals surface area contributed by atoms with Crippen LogP contribution in [-0.4, -0.2) is 46.5 Å². The molecule has 1 aromatic rings. The van der Waals surface area contributed by atoms with Gasteiger partial charge in [-0.3, -0.25) is 0 Å². The van der Waals surface area contributed by atoms with Crippen LogP contribution < -0.4 is 20.1 Å². The summed E-state index contributed by atoms with van der Waals surface area (Å²) < 4.78 is 16.2. The normalized spacial score (nSPS) is 10.8. The van der Waals surface area contributed by atoms with E-state index in [1.54, 1.807) is 14.2 Å². The molecular weight excluding hydrogens is 445 g/mol. The number of guanidine groups is 1. The van der Waals surface area contributed by atoms with E-state index in [1.807, 2.05) is 18.2 Å². The van der Waals surface area contributed by atoms with Gasteiger partial charge in [-0.2, -0.15) is 0 Å². The summed E-state index contributed by atoms with van der Waals surface area (Å²) in [6.45, 7) is 8.09. The number of aliphatic imine (C=N–C) groups is 1. The standard InChI is InChI=1S/C19H33N3O3.HI/c1-5-7-12-25-13-8-11-21-19(20-6-2)22-15-16-9-10-17(23-3)18(14-16)24-4;/h9-10,14H,5-8,11-13,15H2,1-4H3,(H2,20,21,22);1H. The molecule has 0 saturated heterocycles. The number of rotatable bonds is 12. The van der Waals surface area contributed by atoms with Gasteiger partial charge in [0.25, 0.3) is 0 Å². The lowest BCUT2D eigenvalue weighted by molar-refractivity contribution is 0.129. The molecule has 0 bridgehead atoms. The fourth-order valence-electron chi connectivity index (χ4n) is 2.22. The van der Waals surface area contributed by atoms with E-state index < -0.39 is 0 Å².